The predicted molar refractivity (Wildman–Crippen MR) is 73.4 cm³/mol. The summed E-state index contributed by atoms with van der Waals surface area (Å²) >= 11 is 3.30. The lowest BCUT2D eigenvalue weighted by Crippen LogP contribution is -2.48. The highest BCUT2D eigenvalue weighted by Gasteiger charge is 2.21. The summed E-state index contributed by atoms with van der Waals surface area (Å²) < 4.78 is 19.6. The van der Waals surface area contributed by atoms with Crippen LogP contribution in [0, 0.1) is 5.82 Å². The molecule has 19 heavy (non-hydrogen) atoms. The zero-order valence-electron chi connectivity index (χ0n) is 10.4. The van der Waals surface area contributed by atoms with Crippen LogP contribution < -0.4 is 10.6 Å². The Morgan fingerprint density at radius 1 is 1.58 bits per heavy atom. The summed E-state index contributed by atoms with van der Waals surface area (Å²) in [6.45, 7) is 2.23. The Morgan fingerprint density at radius 2 is 2.42 bits per heavy atom. The van der Waals surface area contributed by atoms with Crippen molar-refractivity contribution in [2.24, 2.45) is 0 Å². The first-order valence-electron chi connectivity index (χ1n) is 6.21. The van der Waals surface area contributed by atoms with E-state index >= 15 is 0 Å². The smallest absolute Gasteiger partial charge is 0.250 e. The second-order valence-electron chi connectivity index (χ2n) is 4.34. The third-order valence-corrected chi connectivity index (χ3v) is 3.41. The SMILES string of the molecule is O=C(NCCc1cc(Br)ccc1F)C1CNCCO1. The Kier molecular flexibility index (Phi) is 5.30. The maximum atomic E-state index is 13.5. The molecule has 1 aliphatic heterocycles. The van der Waals surface area contributed by atoms with Gasteiger partial charge in [0.15, 0.2) is 0 Å². The van der Waals surface area contributed by atoms with Crippen molar-refractivity contribution >= 4 is 21.8 Å². The minimum absolute atomic E-state index is 0.150. The third-order valence-electron chi connectivity index (χ3n) is 2.92. The number of rotatable bonds is 4. The van der Waals surface area contributed by atoms with Crippen LogP contribution in [0.5, 0.6) is 0 Å². The van der Waals surface area contributed by atoms with E-state index in [1.54, 1.807) is 12.1 Å². The summed E-state index contributed by atoms with van der Waals surface area (Å²) in [4.78, 5) is 11.8. The second-order valence-corrected chi connectivity index (χ2v) is 5.26. The summed E-state index contributed by atoms with van der Waals surface area (Å²) in [7, 11) is 0. The molecule has 4 nitrogen and oxygen atoms in total. The quantitative estimate of drug-likeness (QED) is 0.873. The van der Waals surface area contributed by atoms with Crippen LogP contribution in [0.1, 0.15) is 5.56 Å². The molecule has 0 aliphatic carbocycles. The summed E-state index contributed by atoms with van der Waals surface area (Å²) in [6.07, 6.45) is 0.0121. The van der Waals surface area contributed by atoms with Crippen molar-refractivity contribution in [1.82, 2.24) is 10.6 Å². The van der Waals surface area contributed by atoms with Crippen molar-refractivity contribution in [2.45, 2.75) is 12.5 Å². The van der Waals surface area contributed by atoms with Crippen molar-refractivity contribution in [1.29, 1.82) is 0 Å². The molecule has 0 bridgehead atoms. The summed E-state index contributed by atoms with van der Waals surface area (Å²) in [6, 6.07) is 4.79. The van der Waals surface area contributed by atoms with Gasteiger partial charge >= 0.3 is 0 Å². The van der Waals surface area contributed by atoms with Gasteiger partial charge in [-0.1, -0.05) is 15.9 Å². The molecule has 1 unspecified atom stereocenters. The number of amides is 1. The van der Waals surface area contributed by atoms with Crippen LogP contribution in [0.3, 0.4) is 0 Å². The molecular weight excluding hydrogens is 315 g/mol. The molecule has 1 aliphatic rings. The molecule has 1 atom stereocenters. The van der Waals surface area contributed by atoms with Crippen LogP contribution in [0.25, 0.3) is 0 Å². The molecule has 104 valence electrons. The van der Waals surface area contributed by atoms with Crippen LogP contribution in [-0.2, 0) is 16.0 Å². The van der Waals surface area contributed by atoms with Crippen LogP contribution in [-0.4, -0.2) is 38.3 Å². The molecule has 0 spiro atoms. The van der Waals surface area contributed by atoms with Gasteiger partial charge in [-0.25, -0.2) is 4.39 Å². The number of hydrogen-bond acceptors (Lipinski definition) is 3. The minimum Gasteiger partial charge on any atom is -0.366 e. The average Bonchev–Trinajstić information content (AvgIpc) is 2.43. The van der Waals surface area contributed by atoms with Crippen molar-refractivity contribution in [2.75, 3.05) is 26.2 Å². The number of morpholine rings is 1. The van der Waals surface area contributed by atoms with E-state index in [0.29, 0.717) is 31.7 Å². The van der Waals surface area contributed by atoms with Crippen LogP contribution in [0.2, 0.25) is 0 Å². The largest absolute Gasteiger partial charge is 0.366 e. The van der Waals surface area contributed by atoms with Crippen molar-refractivity contribution in [3.05, 3.63) is 34.1 Å². The molecule has 1 aromatic rings. The van der Waals surface area contributed by atoms with Crippen LogP contribution in [0.15, 0.2) is 22.7 Å². The first-order chi connectivity index (χ1) is 9.16. The number of benzene rings is 1. The first-order valence-corrected chi connectivity index (χ1v) is 7.00. The van der Waals surface area contributed by atoms with Gasteiger partial charge in [-0.05, 0) is 30.2 Å². The van der Waals surface area contributed by atoms with Gasteiger partial charge in [0, 0.05) is 24.1 Å². The van der Waals surface area contributed by atoms with E-state index in [1.165, 1.54) is 6.07 Å². The minimum atomic E-state index is -0.443. The fourth-order valence-electron chi connectivity index (χ4n) is 1.90. The Balaban J connectivity index is 1.79. The Bertz CT molecular complexity index is 450. The molecule has 1 aromatic carbocycles. The fourth-order valence-corrected chi connectivity index (χ4v) is 2.31. The van der Waals surface area contributed by atoms with Crippen molar-refractivity contribution < 1.29 is 13.9 Å². The van der Waals surface area contributed by atoms with Gasteiger partial charge in [-0.2, -0.15) is 0 Å². The molecule has 0 saturated carbocycles. The predicted octanol–water partition coefficient (Wildman–Crippen LogP) is 1.24. The topological polar surface area (TPSA) is 50.4 Å². The highest BCUT2D eigenvalue weighted by atomic mass is 79.9. The van der Waals surface area contributed by atoms with Gasteiger partial charge in [-0.15, -0.1) is 0 Å². The Hall–Kier alpha value is -0.980. The van der Waals surface area contributed by atoms with E-state index < -0.39 is 6.10 Å². The molecule has 0 radical (unpaired) electrons. The molecule has 0 aromatic heterocycles. The number of carbonyl (C=O) groups is 1. The molecule has 2 N–H and O–H groups in total. The molecule has 1 amide bonds. The number of halogens is 2. The van der Waals surface area contributed by atoms with Crippen LogP contribution >= 0.6 is 15.9 Å². The summed E-state index contributed by atoms with van der Waals surface area (Å²) in [5, 5.41) is 5.85. The van der Waals surface area contributed by atoms with Gasteiger partial charge in [0.2, 0.25) is 5.91 Å². The second kappa shape index (κ2) is 6.98. The lowest BCUT2D eigenvalue weighted by atomic mass is 10.1. The maximum absolute atomic E-state index is 13.5. The number of hydrogen-bond donors (Lipinski definition) is 2. The standard InChI is InChI=1S/C13H16BrFN2O2/c14-10-1-2-11(15)9(7-10)3-4-17-13(18)12-8-16-5-6-19-12/h1-2,7,12,16H,3-6,8H2,(H,17,18). The lowest BCUT2D eigenvalue weighted by molar-refractivity contribution is -0.134. The monoisotopic (exact) mass is 330 g/mol. The third kappa shape index (κ3) is 4.26. The van der Waals surface area contributed by atoms with Gasteiger partial charge in [0.05, 0.1) is 6.61 Å². The summed E-state index contributed by atoms with van der Waals surface area (Å²) in [5.41, 5.74) is 0.581. The van der Waals surface area contributed by atoms with E-state index in [9.17, 15) is 9.18 Å². The van der Waals surface area contributed by atoms with E-state index in [-0.39, 0.29) is 11.7 Å². The maximum Gasteiger partial charge on any atom is 0.250 e. The highest BCUT2D eigenvalue weighted by molar-refractivity contribution is 9.10. The molecule has 1 heterocycles. The van der Waals surface area contributed by atoms with Gasteiger partial charge in [-0.3, -0.25) is 4.79 Å². The van der Waals surface area contributed by atoms with E-state index in [2.05, 4.69) is 26.6 Å². The number of ether oxygens (including phenoxy) is 1. The van der Waals surface area contributed by atoms with E-state index in [0.717, 1.165) is 11.0 Å². The van der Waals surface area contributed by atoms with E-state index in [4.69, 9.17) is 4.74 Å². The first kappa shape index (κ1) is 14.4. The average molecular weight is 331 g/mol. The number of nitrogens with one attached hydrogen (secondary N) is 2. The van der Waals surface area contributed by atoms with Gasteiger partial charge in [0.1, 0.15) is 11.9 Å². The van der Waals surface area contributed by atoms with Gasteiger partial charge in [0.25, 0.3) is 0 Å². The lowest BCUT2D eigenvalue weighted by Gasteiger charge is -2.22. The fraction of sp³-hybridized carbons (Fsp3) is 0.462. The Morgan fingerprint density at radius 3 is 3.16 bits per heavy atom. The molecular formula is C13H16BrFN2O2. The Labute approximate surface area is 119 Å². The van der Waals surface area contributed by atoms with Crippen LogP contribution in [0.4, 0.5) is 4.39 Å². The molecule has 2 rings (SSSR count). The molecule has 6 heteroatoms. The van der Waals surface area contributed by atoms with E-state index in [1.807, 2.05) is 0 Å². The highest BCUT2D eigenvalue weighted by Crippen LogP contribution is 2.15. The zero-order valence-corrected chi connectivity index (χ0v) is 12.0. The molecule has 1 saturated heterocycles. The van der Waals surface area contributed by atoms with Crippen molar-refractivity contribution in [3.8, 4) is 0 Å². The van der Waals surface area contributed by atoms with Crippen molar-refractivity contribution in [3.63, 3.8) is 0 Å². The zero-order chi connectivity index (χ0) is 13.7. The van der Waals surface area contributed by atoms with Gasteiger partial charge < -0.3 is 15.4 Å². The molecule has 1 fully saturated rings. The summed E-state index contributed by atoms with van der Waals surface area (Å²) in [5.74, 6) is -0.407. The normalized spacial score (nSPS) is 19.2. The number of carbonyl (C=O) groups excluding carboxylic acids is 1.